The lowest BCUT2D eigenvalue weighted by Gasteiger charge is -2.18. The van der Waals surface area contributed by atoms with Crippen LogP contribution in [0.3, 0.4) is 0 Å². The van der Waals surface area contributed by atoms with Crippen LogP contribution in [-0.4, -0.2) is 6.04 Å². The predicted molar refractivity (Wildman–Crippen MR) is 108 cm³/mol. The molecule has 2 aromatic rings. The molecule has 0 saturated heterocycles. The van der Waals surface area contributed by atoms with Gasteiger partial charge in [-0.1, -0.05) is 71.4 Å². The summed E-state index contributed by atoms with van der Waals surface area (Å²) in [6, 6.07) is 15.5. The lowest BCUT2D eigenvalue weighted by atomic mass is 10.1. The van der Waals surface area contributed by atoms with E-state index in [0.29, 0.717) is 12.6 Å². The molecular formula is C22H28BrNO. The standard InChI is InChI=1S/C22H28BrNO/c1-17-7-6-8-18(13-17)16-25-22-12-11-20(23)14-19(22)15-24-21-9-4-2-3-5-10-21/h6-8,11-14,21,24H,2-5,9-10,15-16H2,1H3. The Balaban J connectivity index is 1.63. The summed E-state index contributed by atoms with van der Waals surface area (Å²) in [5, 5.41) is 3.75. The highest BCUT2D eigenvalue weighted by Crippen LogP contribution is 2.25. The van der Waals surface area contributed by atoms with E-state index in [2.05, 4.69) is 70.6 Å². The monoisotopic (exact) mass is 401 g/mol. The predicted octanol–water partition coefficient (Wildman–Crippen LogP) is 6.15. The zero-order chi connectivity index (χ0) is 17.5. The topological polar surface area (TPSA) is 21.3 Å². The van der Waals surface area contributed by atoms with Gasteiger partial charge in [0.05, 0.1) is 0 Å². The van der Waals surface area contributed by atoms with Crippen molar-refractivity contribution in [2.75, 3.05) is 0 Å². The first kappa shape index (κ1) is 18.5. The van der Waals surface area contributed by atoms with Crippen molar-refractivity contribution in [2.45, 2.75) is 64.6 Å². The first-order valence-electron chi connectivity index (χ1n) is 9.41. The molecule has 3 heteroatoms. The van der Waals surface area contributed by atoms with E-state index in [-0.39, 0.29) is 0 Å². The van der Waals surface area contributed by atoms with Crippen molar-refractivity contribution < 1.29 is 4.74 Å². The average Bonchev–Trinajstić information content (AvgIpc) is 2.88. The number of halogens is 1. The van der Waals surface area contributed by atoms with Crippen molar-refractivity contribution in [1.82, 2.24) is 5.32 Å². The molecule has 0 unspecified atom stereocenters. The second-order valence-electron chi connectivity index (χ2n) is 7.10. The van der Waals surface area contributed by atoms with E-state index in [4.69, 9.17) is 4.74 Å². The molecule has 1 aliphatic rings. The highest BCUT2D eigenvalue weighted by Gasteiger charge is 2.13. The number of hydrogen-bond acceptors (Lipinski definition) is 2. The van der Waals surface area contributed by atoms with Crippen molar-refractivity contribution in [3.05, 3.63) is 63.6 Å². The van der Waals surface area contributed by atoms with Gasteiger partial charge in [-0.05, 0) is 43.5 Å². The maximum absolute atomic E-state index is 6.14. The Hall–Kier alpha value is -1.32. The number of nitrogens with one attached hydrogen (secondary N) is 1. The van der Waals surface area contributed by atoms with Gasteiger partial charge >= 0.3 is 0 Å². The molecule has 0 spiro atoms. The summed E-state index contributed by atoms with van der Waals surface area (Å²) >= 11 is 3.60. The Morgan fingerprint density at radius 1 is 1.04 bits per heavy atom. The molecule has 25 heavy (non-hydrogen) atoms. The van der Waals surface area contributed by atoms with E-state index in [1.807, 2.05) is 0 Å². The van der Waals surface area contributed by atoms with Gasteiger partial charge < -0.3 is 10.1 Å². The zero-order valence-corrected chi connectivity index (χ0v) is 16.6. The van der Waals surface area contributed by atoms with Gasteiger partial charge in [0.1, 0.15) is 12.4 Å². The van der Waals surface area contributed by atoms with E-state index >= 15 is 0 Å². The maximum atomic E-state index is 6.14. The first-order valence-corrected chi connectivity index (χ1v) is 10.2. The van der Waals surface area contributed by atoms with Crippen LogP contribution in [0.5, 0.6) is 5.75 Å². The van der Waals surface area contributed by atoms with Crippen LogP contribution in [0.2, 0.25) is 0 Å². The molecule has 134 valence electrons. The summed E-state index contributed by atoms with van der Waals surface area (Å²) in [6.45, 7) is 3.60. The minimum atomic E-state index is 0.611. The van der Waals surface area contributed by atoms with Crippen LogP contribution >= 0.6 is 15.9 Å². The fourth-order valence-corrected chi connectivity index (χ4v) is 3.94. The fraction of sp³-hybridized carbons (Fsp3) is 0.455. The second-order valence-corrected chi connectivity index (χ2v) is 8.01. The minimum Gasteiger partial charge on any atom is -0.489 e. The molecule has 2 nitrogen and oxygen atoms in total. The van der Waals surface area contributed by atoms with Crippen LogP contribution in [0, 0.1) is 6.92 Å². The van der Waals surface area contributed by atoms with Crippen LogP contribution in [-0.2, 0) is 13.2 Å². The van der Waals surface area contributed by atoms with Crippen LogP contribution < -0.4 is 10.1 Å². The summed E-state index contributed by atoms with van der Waals surface area (Å²) in [7, 11) is 0. The number of benzene rings is 2. The third-order valence-corrected chi connectivity index (χ3v) is 5.43. The highest BCUT2D eigenvalue weighted by molar-refractivity contribution is 9.10. The van der Waals surface area contributed by atoms with Gasteiger partial charge in [-0.3, -0.25) is 0 Å². The Morgan fingerprint density at radius 2 is 1.84 bits per heavy atom. The molecule has 0 atom stereocenters. The van der Waals surface area contributed by atoms with Gasteiger partial charge in [-0.2, -0.15) is 0 Å². The third-order valence-electron chi connectivity index (χ3n) is 4.94. The normalized spacial score (nSPS) is 15.8. The SMILES string of the molecule is Cc1cccc(COc2ccc(Br)cc2CNC2CCCCCC2)c1. The van der Waals surface area contributed by atoms with E-state index in [9.17, 15) is 0 Å². The van der Waals surface area contributed by atoms with Gasteiger partial charge in [0.2, 0.25) is 0 Å². The molecule has 0 aliphatic heterocycles. The van der Waals surface area contributed by atoms with Gasteiger partial charge in [0.25, 0.3) is 0 Å². The molecule has 3 rings (SSSR count). The van der Waals surface area contributed by atoms with Crippen molar-refractivity contribution in [3.63, 3.8) is 0 Å². The van der Waals surface area contributed by atoms with Crippen LogP contribution in [0.25, 0.3) is 0 Å². The summed E-state index contributed by atoms with van der Waals surface area (Å²) in [6.07, 6.45) is 8.08. The maximum Gasteiger partial charge on any atom is 0.124 e. The molecule has 1 saturated carbocycles. The lowest BCUT2D eigenvalue weighted by molar-refractivity contribution is 0.301. The van der Waals surface area contributed by atoms with E-state index in [1.54, 1.807) is 0 Å². The van der Waals surface area contributed by atoms with E-state index < -0.39 is 0 Å². The lowest BCUT2D eigenvalue weighted by Crippen LogP contribution is -2.28. The Kier molecular flexibility index (Phi) is 6.94. The first-order chi connectivity index (χ1) is 12.2. The van der Waals surface area contributed by atoms with Gasteiger partial charge in [-0.15, -0.1) is 0 Å². The largest absolute Gasteiger partial charge is 0.489 e. The summed E-state index contributed by atoms with van der Waals surface area (Å²) in [4.78, 5) is 0. The quantitative estimate of drug-likeness (QED) is 0.586. The molecule has 0 bridgehead atoms. The number of rotatable bonds is 6. The molecule has 0 radical (unpaired) electrons. The smallest absolute Gasteiger partial charge is 0.124 e. The minimum absolute atomic E-state index is 0.611. The molecular weight excluding hydrogens is 374 g/mol. The van der Waals surface area contributed by atoms with Crippen LogP contribution in [0.15, 0.2) is 46.9 Å². The summed E-state index contributed by atoms with van der Waals surface area (Å²) in [5.41, 5.74) is 3.71. The molecule has 1 aliphatic carbocycles. The Bertz CT molecular complexity index is 677. The van der Waals surface area contributed by atoms with Crippen LogP contribution in [0.1, 0.15) is 55.2 Å². The molecule has 0 heterocycles. The molecule has 2 aromatic carbocycles. The second kappa shape index (κ2) is 9.40. The fourth-order valence-electron chi connectivity index (χ4n) is 3.53. The Labute approximate surface area is 160 Å². The van der Waals surface area contributed by atoms with E-state index in [0.717, 1.165) is 16.8 Å². The van der Waals surface area contributed by atoms with Crippen molar-refractivity contribution in [2.24, 2.45) is 0 Å². The van der Waals surface area contributed by atoms with Crippen molar-refractivity contribution >= 4 is 15.9 Å². The number of ether oxygens (including phenoxy) is 1. The van der Waals surface area contributed by atoms with Gasteiger partial charge in [-0.25, -0.2) is 0 Å². The molecule has 0 amide bonds. The number of aryl methyl sites for hydroxylation is 1. The molecule has 0 aromatic heterocycles. The van der Waals surface area contributed by atoms with E-state index in [1.165, 1.54) is 55.2 Å². The summed E-state index contributed by atoms with van der Waals surface area (Å²) in [5.74, 6) is 0.978. The van der Waals surface area contributed by atoms with Gasteiger partial charge in [0.15, 0.2) is 0 Å². The summed E-state index contributed by atoms with van der Waals surface area (Å²) < 4.78 is 7.24. The molecule has 1 fully saturated rings. The van der Waals surface area contributed by atoms with Crippen molar-refractivity contribution in [1.29, 1.82) is 0 Å². The Morgan fingerprint density at radius 3 is 2.60 bits per heavy atom. The average molecular weight is 402 g/mol. The molecule has 1 N–H and O–H groups in total. The van der Waals surface area contributed by atoms with Gasteiger partial charge in [0, 0.05) is 22.6 Å². The third kappa shape index (κ3) is 5.86. The highest BCUT2D eigenvalue weighted by atomic mass is 79.9. The van der Waals surface area contributed by atoms with Crippen molar-refractivity contribution in [3.8, 4) is 5.75 Å². The van der Waals surface area contributed by atoms with Crippen LogP contribution in [0.4, 0.5) is 0 Å². The zero-order valence-electron chi connectivity index (χ0n) is 15.1. The number of hydrogen-bond donors (Lipinski definition) is 1.